The molecule has 7 aliphatic rings. The second-order valence-corrected chi connectivity index (χ2v) is 9.58. The third-order valence-corrected chi connectivity index (χ3v) is 8.17. The summed E-state index contributed by atoms with van der Waals surface area (Å²) in [5.41, 5.74) is 4.28. The van der Waals surface area contributed by atoms with E-state index in [4.69, 9.17) is 4.74 Å². The highest BCUT2D eigenvalue weighted by Gasteiger charge is 2.60. The third-order valence-electron chi connectivity index (χ3n) is 8.17. The predicted molar refractivity (Wildman–Crippen MR) is 106 cm³/mol. The Morgan fingerprint density at radius 3 is 2.81 bits per heavy atom. The van der Waals surface area contributed by atoms with Gasteiger partial charge in [0.25, 0.3) is 0 Å². The molecule has 3 heteroatoms. The van der Waals surface area contributed by atoms with Crippen LogP contribution in [0.4, 0.5) is 0 Å². The molecule has 1 aromatic carbocycles. The molecular formula is C24H26N2O. The minimum absolute atomic E-state index is 0.0699. The average Bonchev–Trinajstić information content (AvgIpc) is 3.30. The Bertz CT molecular complexity index is 883. The zero-order valence-corrected chi connectivity index (χ0v) is 15.6. The fraction of sp³-hybridized carbons (Fsp3) is 0.500. The first-order valence-electron chi connectivity index (χ1n) is 10.6. The minimum atomic E-state index is 0.0699. The molecule has 0 amide bonds. The molecule has 1 spiro atoms. The topological polar surface area (TPSA) is 24.5 Å². The smallest absolute Gasteiger partial charge is 0.124 e. The van der Waals surface area contributed by atoms with Crippen molar-refractivity contribution in [3.05, 3.63) is 59.8 Å². The summed E-state index contributed by atoms with van der Waals surface area (Å²) in [6.45, 7) is 3.83. The Kier molecular flexibility index (Phi) is 2.82. The molecule has 3 nitrogen and oxygen atoms in total. The molecule has 8 rings (SSSR count). The van der Waals surface area contributed by atoms with E-state index in [1.165, 1.54) is 49.2 Å². The first kappa shape index (κ1) is 15.0. The molecule has 1 aromatic rings. The third kappa shape index (κ3) is 1.96. The molecule has 2 aliphatic carbocycles. The number of hydrogen-bond donors (Lipinski definition) is 1. The van der Waals surface area contributed by atoms with Gasteiger partial charge in [0.1, 0.15) is 11.4 Å². The van der Waals surface area contributed by atoms with Crippen molar-refractivity contribution in [2.75, 3.05) is 19.6 Å². The molecule has 1 N–H and O–H groups in total. The van der Waals surface area contributed by atoms with E-state index < -0.39 is 0 Å². The summed E-state index contributed by atoms with van der Waals surface area (Å²) >= 11 is 0. The van der Waals surface area contributed by atoms with E-state index in [1.54, 1.807) is 0 Å². The van der Waals surface area contributed by atoms with Crippen molar-refractivity contribution in [1.82, 2.24) is 10.2 Å². The number of piperidine rings is 3. The van der Waals surface area contributed by atoms with Gasteiger partial charge in [0, 0.05) is 49.4 Å². The van der Waals surface area contributed by atoms with Gasteiger partial charge in [-0.05, 0) is 42.2 Å². The lowest BCUT2D eigenvalue weighted by atomic mass is 9.58. The maximum Gasteiger partial charge on any atom is 0.124 e. The maximum atomic E-state index is 6.88. The molecule has 4 fully saturated rings. The van der Waals surface area contributed by atoms with Crippen LogP contribution in [-0.2, 0) is 6.42 Å². The lowest BCUT2D eigenvalue weighted by Crippen LogP contribution is -2.68. The molecule has 0 radical (unpaired) electrons. The predicted octanol–water partition coefficient (Wildman–Crippen LogP) is 3.39. The SMILES string of the molecule is C1=CC2C=CC(c3cccc4c3CC3(O4)C4CC5C[C@@H]3CN(C5)C4)=CC2N1. The summed E-state index contributed by atoms with van der Waals surface area (Å²) in [5.74, 6) is 4.01. The number of nitrogens with zero attached hydrogens (tertiary/aromatic N) is 1. The summed E-state index contributed by atoms with van der Waals surface area (Å²) in [7, 11) is 0. The van der Waals surface area contributed by atoms with Crippen molar-refractivity contribution in [2.45, 2.75) is 30.9 Å². The van der Waals surface area contributed by atoms with Crippen LogP contribution in [0.15, 0.2) is 48.7 Å². The van der Waals surface area contributed by atoms with Crippen molar-refractivity contribution >= 4 is 5.57 Å². The van der Waals surface area contributed by atoms with Gasteiger partial charge in [0.05, 0.1) is 6.04 Å². The molecule has 5 heterocycles. The van der Waals surface area contributed by atoms with Gasteiger partial charge in [-0.1, -0.05) is 36.4 Å². The Hall–Kier alpha value is -2.00. The van der Waals surface area contributed by atoms with Crippen LogP contribution in [0.1, 0.15) is 24.0 Å². The fourth-order valence-corrected chi connectivity index (χ4v) is 7.03. The van der Waals surface area contributed by atoms with Gasteiger partial charge in [-0.25, -0.2) is 0 Å². The number of rotatable bonds is 1. The molecule has 4 bridgehead atoms. The molecular weight excluding hydrogens is 332 g/mol. The second kappa shape index (κ2) is 5.08. The largest absolute Gasteiger partial charge is 0.486 e. The Morgan fingerprint density at radius 2 is 1.96 bits per heavy atom. The highest BCUT2D eigenvalue weighted by molar-refractivity contribution is 5.79. The van der Waals surface area contributed by atoms with E-state index in [9.17, 15) is 0 Å². The molecule has 6 unspecified atom stereocenters. The van der Waals surface area contributed by atoms with Gasteiger partial charge in [-0.15, -0.1) is 0 Å². The summed E-state index contributed by atoms with van der Waals surface area (Å²) in [6, 6.07) is 7.11. The van der Waals surface area contributed by atoms with E-state index in [0.717, 1.165) is 18.1 Å². The molecule has 138 valence electrons. The van der Waals surface area contributed by atoms with Crippen LogP contribution in [-0.4, -0.2) is 36.2 Å². The van der Waals surface area contributed by atoms with Crippen LogP contribution in [0.2, 0.25) is 0 Å². The summed E-state index contributed by atoms with van der Waals surface area (Å²) in [5, 5.41) is 3.48. The van der Waals surface area contributed by atoms with Crippen LogP contribution >= 0.6 is 0 Å². The van der Waals surface area contributed by atoms with Gasteiger partial charge in [0.15, 0.2) is 0 Å². The van der Waals surface area contributed by atoms with E-state index in [2.05, 4.69) is 58.9 Å². The second-order valence-electron chi connectivity index (χ2n) is 9.58. The summed E-state index contributed by atoms with van der Waals surface area (Å²) in [4.78, 5) is 2.71. The van der Waals surface area contributed by atoms with Gasteiger partial charge in [0.2, 0.25) is 0 Å². The average molecular weight is 358 g/mol. The number of fused-ring (bicyclic) bond motifs is 2. The van der Waals surface area contributed by atoms with Crippen molar-refractivity contribution in [3.63, 3.8) is 0 Å². The van der Waals surface area contributed by atoms with Crippen molar-refractivity contribution in [1.29, 1.82) is 0 Å². The van der Waals surface area contributed by atoms with E-state index in [-0.39, 0.29) is 5.60 Å². The van der Waals surface area contributed by atoms with E-state index >= 15 is 0 Å². The lowest BCUT2D eigenvalue weighted by Gasteiger charge is -2.60. The first-order chi connectivity index (χ1) is 13.3. The van der Waals surface area contributed by atoms with Crippen LogP contribution in [0, 0.1) is 23.7 Å². The van der Waals surface area contributed by atoms with E-state index in [0.29, 0.717) is 23.8 Å². The van der Waals surface area contributed by atoms with Gasteiger partial charge in [-0.2, -0.15) is 0 Å². The Balaban J connectivity index is 1.28. The highest BCUT2D eigenvalue weighted by Crippen LogP contribution is 2.56. The van der Waals surface area contributed by atoms with Crippen molar-refractivity contribution in [2.24, 2.45) is 23.7 Å². The zero-order valence-electron chi connectivity index (χ0n) is 15.6. The maximum absolute atomic E-state index is 6.88. The number of nitrogens with one attached hydrogen (secondary N) is 1. The van der Waals surface area contributed by atoms with Crippen molar-refractivity contribution in [3.8, 4) is 5.75 Å². The van der Waals surface area contributed by atoms with Gasteiger partial charge < -0.3 is 15.0 Å². The zero-order chi connectivity index (χ0) is 17.6. The van der Waals surface area contributed by atoms with Crippen LogP contribution in [0.25, 0.3) is 5.57 Å². The minimum Gasteiger partial charge on any atom is -0.486 e. The lowest BCUT2D eigenvalue weighted by molar-refractivity contribution is -0.158. The van der Waals surface area contributed by atoms with Crippen LogP contribution < -0.4 is 10.1 Å². The number of benzene rings is 1. The molecule has 7 atom stereocenters. The standard InChI is InChI=1S/C24H26N2O/c1-2-20(17-5-4-16-6-7-25-22(16)10-17)21-11-24(27-23(21)3-1)18-8-15-9-19(24)14-26(12-15)13-18/h1-7,10,15-16,18-19,22,25H,8-9,11-14H2/t15?,16?,18-,19?,22?,24?/m1/s1. The molecule has 27 heavy (non-hydrogen) atoms. The molecule has 0 aromatic heterocycles. The van der Waals surface area contributed by atoms with E-state index in [1.807, 2.05) is 0 Å². The number of allylic oxidation sites excluding steroid dienone is 2. The highest BCUT2D eigenvalue weighted by atomic mass is 16.5. The normalized spacial score (nSPS) is 44.8. The quantitative estimate of drug-likeness (QED) is 0.833. The van der Waals surface area contributed by atoms with Gasteiger partial charge >= 0.3 is 0 Å². The summed E-state index contributed by atoms with van der Waals surface area (Å²) in [6.07, 6.45) is 15.3. The van der Waals surface area contributed by atoms with Crippen molar-refractivity contribution < 1.29 is 4.74 Å². The molecule has 3 saturated heterocycles. The molecule has 5 aliphatic heterocycles. The Labute approximate surface area is 160 Å². The van der Waals surface area contributed by atoms with Gasteiger partial charge in [-0.3, -0.25) is 0 Å². The first-order valence-corrected chi connectivity index (χ1v) is 10.6. The number of hydrogen-bond acceptors (Lipinski definition) is 3. The fourth-order valence-electron chi connectivity index (χ4n) is 7.03. The Morgan fingerprint density at radius 1 is 1.07 bits per heavy atom. The number of ether oxygens (including phenoxy) is 1. The monoisotopic (exact) mass is 358 g/mol. The summed E-state index contributed by atoms with van der Waals surface area (Å²) < 4.78 is 6.88. The van der Waals surface area contributed by atoms with Crippen LogP contribution in [0.3, 0.4) is 0 Å². The van der Waals surface area contributed by atoms with Crippen LogP contribution in [0.5, 0.6) is 5.75 Å². The molecule has 1 saturated carbocycles.